The first kappa shape index (κ1) is 13.2. The maximum absolute atomic E-state index is 11.8. The number of likely N-dealkylation sites (N-methyl/N-ethyl adjacent to an activating group) is 1. The number of rotatable bonds is 3. The van der Waals surface area contributed by atoms with Crippen LogP contribution < -0.4 is 5.73 Å². The van der Waals surface area contributed by atoms with Crippen LogP contribution in [0.1, 0.15) is 27.7 Å². The van der Waals surface area contributed by atoms with E-state index in [1.54, 1.807) is 11.9 Å². The van der Waals surface area contributed by atoms with E-state index in [-0.39, 0.29) is 11.3 Å². The number of nitrogens with two attached hydrogens (primary N) is 1. The molecular formula is C11H22N2O. The van der Waals surface area contributed by atoms with E-state index in [0.717, 1.165) is 5.57 Å². The molecule has 0 aromatic carbocycles. The Labute approximate surface area is 87.0 Å². The third kappa shape index (κ3) is 3.92. The molecule has 0 aromatic rings. The minimum absolute atomic E-state index is 0.0273. The quantitative estimate of drug-likeness (QED) is 0.697. The summed E-state index contributed by atoms with van der Waals surface area (Å²) in [5.41, 5.74) is 6.62. The average Bonchev–Trinajstić information content (AvgIpc) is 1.98. The summed E-state index contributed by atoms with van der Waals surface area (Å²) < 4.78 is 0. The minimum atomic E-state index is -0.452. The van der Waals surface area contributed by atoms with Crippen molar-refractivity contribution >= 4 is 5.91 Å². The molecule has 0 aliphatic rings. The number of hydrogen-bond donors (Lipinski definition) is 1. The Morgan fingerprint density at radius 2 is 1.93 bits per heavy atom. The third-order valence-electron chi connectivity index (χ3n) is 2.08. The van der Waals surface area contributed by atoms with Crippen molar-refractivity contribution in [2.45, 2.75) is 33.7 Å². The molecule has 3 heteroatoms. The summed E-state index contributed by atoms with van der Waals surface area (Å²) >= 11 is 0. The van der Waals surface area contributed by atoms with Crippen LogP contribution in [0.4, 0.5) is 0 Å². The monoisotopic (exact) mass is 198 g/mol. The molecule has 1 atom stereocenters. The van der Waals surface area contributed by atoms with Gasteiger partial charge < -0.3 is 10.6 Å². The van der Waals surface area contributed by atoms with E-state index >= 15 is 0 Å². The number of nitrogens with zero attached hydrogens (tertiary/aromatic N) is 1. The number of hydrogen-bond acceptors (Lipinski definition) is 2. The van der Waals surface area contributed by atoms with Crippen molar-refractivity contribution in [3.8, 4) is 0 Å². The summed E-state index contributed by atoms with van der Waals surface area (Å²) in [6.45, 7) is 12.1. The Hall–Kier alpha value is -0.830. The van der Waals surface area contributed by atoms with Crippen LogP contribution in [0.25, 0.3) is 0 Å². The summed E-state index contributed by atoms with van der Waals surface area (Å²) in [7, 11) is 1.75. The van der Waals surface area contributed by atoms with Gasteiger partial charge in [0.25, 0.3) is 0 Å². The second-order valence-electron chi connectivity index (χ2n) is 5.00. The SMILES string of the molecule is C=C(C)CN(C)C(=O)C(N)C(C)(C)C. The van der Waals surface area contributed by atoms with Gasteiger partial charge in [-0.3, -0.25) is 4.79 Å². The van der Waals surface area contributed by atoms with Crippen molar-refractivity contribution in [1.82, 2.24) is 4.90 Å². The first-order chi connectivity index (χ1) is 6.16. The molecule has 0 rings (SSSR count). The van der Waals surface area contributed by atoms with Gasteiger partial charge in [0.2, 0.25) is 5.91 Å². The molecule has 82 valence electrons. The van der Waals surface area contributed by atoms with Crippen molar-refractivity contribution in [3.05, 3.63) is 12.2 Å². The molecule has 0 saturated heterocycles. The van der Waals surface area contributed by atoms with E-state index < -0.39 is 6.04 Å². The maximum atomic E-state index is 11.8. The molecule has 0 spiro atoms. The molecule has 1 amide bonds. The number of amides is 1. The predicted octanol–water partition coefficient (Wildman–Crippen LogP) is 1.39. The van der Waals surface area contributed by atoms with Crippen LogP contribution in [0.15, 0.2) is 12.2 Å². The Morgan fingerprint density at radius 1 is 1.50 bits per heavy atom. The Kier molecular flexibility index (Phi) is 4.33. The molecule has 0 saturated carbocycles. The van der Waals surface area contributed by atoms with Gasteiger partial charge in [0, 0.05) is 13.6 Å². The molecule has 0 radical (unpaired) electrons. The molecule has 3 nitrogen and oxygen atoms in total. The Balaban J connectivity index is 4.40. The highest BCUT2D eigenvalue weighted by Gasteiger charge is 2.29. The lowest BCUT2D eigenvalue weighted by Gasteiger charge is -2.30. The van der Waals surface area contributed by atoms with E-state index in [0.29, 0.717) is 6.54 Å². The fourth-order valence-electron chi connectivity index (χ4n) is 1.09. The molecule has 1 unspecified atom stereocenters. The van der Waals surface area contributed by atoms with Crippen LogP contribution >= 0.6 is 0 Å². The average molecular weight is 198 g/mol. The highest BCUT2D eigenvalue weighted by atomic mass is 16.2. The van der Waals surface area contributed by atoms with Gasteiger partial charge in [0.15, 0.2) is 0 Å². The van der Waals surface area contributed by atoms with E-state index in [9.17, 15) is 4.79 Å². The van der Waals surface area contributed by atoms with Gasteiger partial charge in [-0.15, -0.1) is 0 Å². The van der Waals surface area contributed by atoms with Crippen molar-refractivity contribution in [1.29, 1.82) is 0 Å². The lowest BCUT2D eigenvalue weighted by Crippen LogP contribution is -2.49. The van der Waals surface area contributed by atoms with E-state index in [4.69, 9.17) is 5.73 Å². The van der Waals surface area contributed by atoms with Crippen LogP contribution in [-0.4, -0.2) is 30.4 Å². The molecule has 0 heterocycles. The largest absolute Gasteiger partial charge is 0.340 e. The van der Waals surface area contributed by atoms with Gasteiger partial charge in [-0.1, -0.05) is 32.9 Å². The van der Waals surface area contributed by atoms with Crippen LogP contribution in [-0.2, 0) is 4.79 Å². The topological polar surface area (TPSA) is 46.3 Å². The highest BCUT2D eigenvalue weighted by molar-refractivity contribution is 5.82. The summed E-state index contributed by atoms with van der Waals surface area (Å²) in [4.78, 5) is 13.4. The molecular weight excluding hydrogens is 176 g/mol. The lowest BCUT2D eigenvalue weighted by atomic mass is 9.86. The van der Waals surface area contributed by atoms with Gasteiger partial charge in [-0.2, -0.15) is 0 Å². The van der Waals surface area contributed by atoms with Crippen molar-refractivity contribution < 1.29 is 4.79 Å². The molecule has 0 aliphatic carbocycles. The number of carbonyl (C=O) groups is 1. The van der Waals surface area contributed by atoms with Crippen molar-refractivity contribution in [2.75, 3.05) is 13.6 Å². The van der Waals surface area contributed by atoms with Crippen LogP contribution in [0.5, 0.6) is 0 Å². The minimum Gasteiger partial charge on any atom is -0.340 e. The lowest BCUT2D eigenvalue weighted by molar-refractivity contribution is -0.133. The second kappa shape index (κ2) is 4.60. The smallest absolute Gasteiger partial charge is 0.240 e. The summed E-state index contributed by atoms with van der Waals surface area (Å²) in [6.07, 6.45) is 0. The van der Waals surface area contributed by atoms with E-state index in [2.05, 4.69) is 6.58 Å². The van der Waals surface area contributed by atoms with Gasteiger partial charge in [-0.05, 0) is 12.3 Å². The number of carbonyl (C=O) groups excluding carboxylic acids is 1. The van der Waals surface area contributed by atoms with Crippen molar-refractivity contribution in [2.24, 2.45) is 11.1 Å². The molecule has 0 fully saturated rings. The Bertz CT molecular complexity index is 228. The second-order valence-corrected chi connectivity index (χ2v) is 5.00. The summed E-state index contributed by atoms with van der Waals surface area (Å²) in [6, 6.07) is -0.452. The normalized spacial score (nSPS) is 13.6. The predicted molar refractivity (Wildman–Crippen MR) is 59.9 cm³/mol. The third-order valence-corrected chi connectivity index (χ3v) is 2.08. The first-order valence-corrected chi connectivity index (χ1v) is 4.81. The fourth-order valence-corrected chi connectivity index (χ4v) is 1.09. The Morgan fingerprint density at radius 3 is 2.21 bits per heavy atom. The summed E-state index contributed by atoms with van der Waals surface area (Å²) in [5.74, 6) is -0.0273. The van der Waals surface area contributed by atoms with Crippen LogP contribution in [0.3, 0.4) is 0 Å². The molecule has 14 heavy (non-hydrogen) atoms. The zero-order chi connectivity index (χ0) is 11.5. The van der Waals surface area contributed by atoms with E-state index in [1.165, 1.54) is 0 Å². The van der Waals surface area contributed by atoms with Gasteiger partial charge in [-0.25, -0.2) is 0 Å². The summed E-state index contributed by atoms with van der Waals surface area (Å²) in [5, 5.41) is 0. The molecule has 2 N–H and O–H groups in total. The first-order valence-electron chi connectivity index (χ1n) is 4.81. The van der Waals surface area contributed by atoms with Crippen molar-refractivity contribution in [3.63, 3.8) is 0 Å². The van der Waals surface area contributed by atoms with Gasteiger partial charge in [0.05, 0.1) is 6.04 Å². The molecule has 0 aromatic heterocycles. The van der Waals surface area contributed by atoms with E-state index in [1.807, 2.05) is 27.7 Å². The zero-order valence-corrected chi connectivity index (χ0v) is 9.92. The van der Waals surface area contributed by atoms with Gasteiger partial charge in [0.1, 0.15) is 0 Å². The van der Waals surface area contributed by atoms with Crippen LogP contribution in [0.2, 0.25) is 0 Å². The molecule has 0 bridgehead atoms. The zero-order valence-electron chi connectivity index (χ0n) is 9.92. The molecule has 0 aliphatic heterocycles. The standard InChI is InChI=1S/C11H22N2O/c1-8(2)7-13(6)10(14)9(12)11(3,4)5/h9H,1,7,12H2,2-6H3. The van der Waals surface area contributed by atoms with Crippen LogP contribution in [0, 0.1) is 5.41 Å². The fraction of sp³-hybridized carbons (Fsp3) is 0.727. The van der Waals surface area contributed by atoms with Gasteiger partial charge >= 0.3 is 0 Å². The highest BCUT2D eigenvalue weighted by Crippen LogP contribution is 2.18. The maximum Gasteiger partial charge on any atom is 0.240 e.